The van der Waals surface area contributed by atoms with Crippen molar-refractivity contribution in [3.05, 3.63) is 0 Å². The Balaban J connectivity index is 2.60. The van der Waals surface area contributed by atoms with E-state index in [1.54, 1.807) is 0 Å². The second kappa shape index (κ2) is 4.73. The van der Waals surface area contributed by atoms with Crippen LogP contribution in [0, 0.1) is 11.8 Å². The number of nitrogens with one attached hydrogen (secondary N) is 1. The maximum absolute atomic E-state index is 12.9. The van der Waals surface area contributed by atoms with E-state index in [4.69, 9.17) is 17.4 Å². The van der Waals surface area contributed by atoms with Crippen LogP contribution >= 0.6 is 11.6 Å². The van der Waals surface area contributed by atoms with Crippen LogP contribution in [-0.4, -0.2) is 11.4 Å². The molecule has 0 aromatic heterocycles. The van der Waals surface area contributed by atoms with E-state index in [0.717, 1.165) is 25.7 Å². The van der Waals surface area contributed by atoms with Crippen molar-refractivity contribution in [1.82, 2.24) is 5.43 Å². The summed E-state index contributed by atoms with van der Waals surface area (Å²) in [5.41, 5.74) is 2.15. The van der Waals surface area contributed by atoms with Crippen LogP contribution in [0.15, 0.2) is 0 Å². The van der Waals surface area contributed by atoms with Gasteiger partial charge >= 0.3 is 5.38 Å². The molecule has 84 valence electrons. The summed E-state index contributed by atoms with van der Waals surface area (Å²) in [5.74, 6) is 5.50. The van der Waals surface area contributed by atoms with E-state index in [1.807, 2.05) is 0 Å². The Morgan fingerprint density at radius 2 is 2.14 bits per heavy atom. The molecule has 1 aliphatic carbocycles. The smallest absolute Gasteiger partial charge is 0.271 e. The van der Waals surface area contributed by atoms with Crippen molar-refractivity contribution in [1.29, 1.82) is 0 Å². The van der Waals surface area contributed by atoms with Crippen LogP contribution in [0.3, 0.4) is 0 Å². The van der Waals surface area contributed by atoms with Crippen molar-refractivity contribution in [3.8, 4) is 0 Å². The highest BCUT2D eigenvalue weighted by Gasteiger charge is 2.42. The lowest BCUT2D eigenvalue weighted by atomic mass is 9.79. The summed E-state index contributed by atoms with van der Waals surface area (Å²) in [6, 6.07) is -1.10. The van der Waals surface area contributed by atoms with Gasteiger partial charge in [-0.25, -0.2) is 5.43 Å². The number of hydrogen-bond donors (Lipinski definition) is 2. The van der Waals surface area contributed by atoms with Crippen LogP contribution in [0.4, 0.5) is 8.78 Å². The number of hydrogen-bond acceptors (Lipinski definition) is 2. The molecule has 0 spiro atoms. The molecule has 5 heteroatoms. The Kier molecular flexibility index (Phi) is 4.10. The fourth-order valence-corrected chi connectivity index (χ4v) is 2.52. The summed E-state index contributed by atoms with van der Waals surface area (Å²) in [6.45, 7) is 2.08. The molecule has 3 unspecified atom stereocenters. The Morgan fingerprint density at radius 3 is 2.57 bits per heavy atom. The fraction of sp³-hybridized carbons (Fsp3) is 1.00. The Labute approximate surface area is 88.1 Å². The molecule has 0 aromatic rings. The molecular weight excluding hydrogens is 210 g/mol. The number of nitrogens with two attached hydrogens (primary N) is 1. The van der Waals surface area contributed by atoms with E-state index in [9.17, 15) is 8.78 Å². The van der Waals surface area contributed by atoms with Gasteiger partial charge in [0.15, 0.2) is 0 Å². The summed E-state index contributed by atoms with van der Waals surface area (Å²) in [6.07, 6.45) is 3.65. The second-order valence-electron chi connectivity index (χ2n) is 4.22. The molecule has 1 rings (SSSR count). The summed E-state index contributed by atoms with van der Waals surface area (Å²) in [5, 5.41) is -3.25. The molecule has 0 saturated heterocycles. The first kappa shape index (κ1) is 12.1. The standard InChI is InChI=1S/C9H17ClF2N2/c1-6-3-2-4-7(5-6)8(14-13)9(10,11)12/h6-8,14H,2-5,13H2,1H3. The Bertz CT molecular complexity index is 184. The van der Waals surface area contributed by atoms with E-state index >= 15 is 0 Å². The normalized spacial score (nSPS) is 31.5. The average Bonchev–Trinajstić information content (AvgIpc) is 2.02. The topological polar surface area (TPSA) is 38.0 Å². The van der Waals surface area contributed by atoms with E-state index in [2.05, 4.69) is 12.3 Å². The SMILES string of the molecule is CC1CCCC(C(NN)C(F)(F)Cl)C1. The van der Waals surface area contributed by atoms with E-state index in [1.165, 1.54) is 0 Å². The minimum atomic E-state index is -3.25. The van der Waals surface area contributed by atoms with Gasteiger partial charge in [0.2, 0.25) is 0 Å². The van der Waals surface area contributed by atoms with Gasteiger partial charge in [-0.1, -0.05) is 19.8 Å². The lowest BCUT2D eigenvalue weighted by molar-refractivity contribution is 0.0116. The van der Waals surface area contributed by atoms with Crippen molar-refractivity contribution < 1.29 is 8.78 Å². The predicted molar refractivity (Wildman–Crippen MR) is 53.0 cm³/mol. The average molecular weight is 227 g/mol. The summed E-state index contributed by atoms with van der Waals surface area (Å²) in [7, 11) is 0. The summed E-state index contributed by atoms with van der Waals surface area (Å²) in [4.78, 5) is 0. The highest BCUT2D eigenvalue weighted by molar-refractivity contribution is 6.22. The van der Waals surface area contributed by atoms with E-state index in [0.29, 0.717) is 5.92 Å². The third kappa shape index (κ3) is 3.04. The Hall–Kier alpha value is 0.0700. The van der Waals surface area contributed by atoms with Crippen molar-refractivity contribution >= 4 is 11.6 Å². The minimum absolute atomic E-state index is 0.115. The molecule has 0 aromatic carbocycles. The van der Waals surface area contributed by atoms with Crippen molar-refractivity contribution in [2.24, 2.45) is 17.7 Å². The van der Waals surface area contributed by atoms with Crippen LogP contribution in [0.25, 0.3) is 0 Å². The number of hydrazine groups is 1. The van der Waals surface area contributed by atoms with Crippen molar-refractivity contribution in [2.45, 2.75) is 44.0 Å². The maximum Gasteiger partial charge on any atom is 0.338 e. The lowest BCUT2D eigenvalue weighted by Crippen LogP contribution is -2.51. The largest absolute Gasteiger partial charge is 0.338 e. The Morgan fingerprint density at radius 1 is 1.50 bits per heavy atom. The van der Waals surface area contributed by atoms with Crippen LogP contribution in [0.5, 0.6) is 0 Å². The maximum atomic E-state index is 12.9. The van der Waals surface area contributed by atoms with Crippen LogP contribution in [0.2, 0.25) is 0 Å². The van der Waals surface area contributed by atoms with Crippen molar-refractivity contribution in [3.63, 3.8) is 0 Å². The van der Waals surface area contributed by atoms with Gasteiger partial charge in [-0.2, -0.15) is 8.78 Å². The number of alkyl halides is 3. The zero-order chi connectivity index (χ0) is 10.8. The molecule has 0 amide bonds. The molecule has 1 fully saturated rings. The minimum Gasteiger partial charge on any atom is -0.271 e. The summed E-state index contributed by atoms with van der Waals surface area (Å²) >= 11 is 5.00. The summed E-state index contributed by atoms with van der Waals surface area (Å²) < 4.78 is 25.8. The van der Waals surface area contributed by atoms with Crippen LogP contribution in [0.1, 0.15) is 32.6 Å². The second-order valence-corrected chi connectivity index (χ2v) is 4.72. The zero-order valence-electron chi connectivity index (χ0n) is 8.27. The highest BCUT2D eigenvalue weighted by Crippen LogP contribution is 2.37. The van der Waals surface area contributed by atoms with Gasteiger partial charge in [-0.05, 0) is 36.3 Å². The first-order valence-corrected chi connectivity index (χ1v) is 5.35. The highest BCUT2D eigenvalue weighted by atomic mass is 35.5. The van der Waals surface area contributed by atoms with Gasteiger partial charge in [-0.3, -0.25) is 5.84 Å². The molecule has 3 atom stereocenters. The van der Waals surface area contributed by atoms with Gasteiger partial charge in [0.1, 0.15) is 6.04 Å². The first-order valence-electron chi connectivity index (χ1n) is 4.98. The van der Waals surface area contributed by atoms with Gasteiger partial charge in [0, 0.05) is 0 Å². The van der Waals surface area contributed by atoms with E-state index in [-0.39, 0.29) is 5.92 Å². The fourth-order valence-electron chi connectivity index (χ4n) is 2.28. The van der Waals surface area contributed by atoms with Crippen molar-refractivity contribution in [2.75, 3.05) is 0 Å². The van der Waals surface area contributed by atoms with Gasteiger partial charge < -0.3 is 0 Å². The number of rotatable bonds is 3. The number of halogens is 3. The molecule has 0 aliphatic heterocycles. The predicted octanol–water partition coefficient (Wildman–Crippen LogP) is 2.48. The van der Waals surface area contributed by atoms with Crippen LogP contribution < -0.4 is 11.3 Å². The molecule has 0 heterocycles. The van der Waals surface area contributed by atoms with E-state index < -0.39 is 11.4 Å². The monoisotopic (exact) mass is 226 g/mol. The lowest BCUT2D eigenvalue weighted by Gasteiger charge is -2.34. The molecule has 0 radical (unpaired) electrons. The molecule has 1 aliphatic rings. The molecule has 0 bridgehead atoms. The van der Waals surface area contributed by atoms with Crippen LogP contribution in [-0.2, 0) is 0 Å². The third-order valence-electron chi connectivity index (χ3n) is 2.98. The molecule has 2 nitrogen and oxygen atoms in total. The molecule has 1 saturated carbocycles. The van der Waals surface area contributed by atoms with Gasteiger partial charge in [-0.15, -0.1) is 0 Å². The molecular formula is C9H17ClF2N2. The molecule has 14 heavy (non-hydrogen) atoms. The quantitative estimate of drug-likeness (QED) is 0.441. The van der Waals surface area contributed by atoms with Gasteiger partial charge in [0.05, 0.1) is 0 Å². The van der Waals surface area contributed by atoms with Gasteiger partial charge in [0.25, 0.3) is 0 Å². The molecule has 3 N–H and O–H groups in total. The zero-order valence-corrected chi connectivity index (χ0v) is 9.03. The first-order chi connectivity index (χ1) is 6.45. The third-order valence-corrected chi connectivity index (χ3v) is 3.22.